The molecule has 0 N–H and O–H groups in total. The Labute approximate surface area is 145 Å². The lowest BCUT2D eigenvalue weighted by atomic mass is 9.51. The van der Waals surface area contributed by atoms with Crippen molar-refractivity contribution in [3.05, 3.63) is 11.6 Å². The molecule has 0 heterocycles. The number of ketones is 1. The van der Waals surface area contributed by atoms with E-state index in [-0.39, 0.29) is 23.4 Å². The Balaban J connectivity index is 1.58. The molecule has 0 amide bonds. The van der Waals surface area contributed by atoms with Gasteiger partial charge in [-0.15, -0.1) is 0 Å². The zero-order valence-electron chi connectivity index (χ0n) is 15.2. The number of hydrogen-bond donors (Lipinski definition) is 0. The highest BCUT2D eigenvalue weighted by molar-refractivity contribution is 5.93. The van der Waals surface area contributed by atoms with Crippen LogP contribution in [0.25, 0.3) is 0 Å². The topological polar surface area (TPSA) is 43.4 Å². The summed E-state index contributed by atoms with van der Waals surface area (Å²) in [6.07, 6.45) is 10.1. The Morgan fingerprint density at radius 2 is 2.00 bits per heavy atom. The fourth-order valence-corrected chi connectivity index (χ4v) is 6.70. The molecule has 0 aromatic carbocycles. The fourth-order valence-electron chi connectivity index (χ4n) is 6.70. The normalized spacial score (nSPS) is 47.3. The minimum Gasteiger partial charge on any atom is -0.462 e. The van der Waals surface area contributed by atoms with E-state index >= 15 is 0 Å². The molecule has 0 radical (unpaired) electrons. The monoisotopic (exact) mass is 330 g/mol. The number of allylic oxidation sites excluding steroid dienone is 1. The maximum Gasteiger partial charge on any atom is 0.302 e. The van der Waals surface area contributed by atoms with Crippen molar-refractivity contribution in [1.29, 1.82) is 0 Å². The van der Waals surface area contributed by atoms with Crippen molar-refractivity contribution in [3.8, 4) is 0 Å². The Bertz CT molecular complexity index is 592. The third-order valence-electron chi connectivity index (χ3n) is 7.89. The first-order valence-electron chi connectivity index (χ1n) is 9.81. The summed E-state index contributed by atoms with van der Waals surface area (Å²) in [5.41, 5.74) is 1.61. The van der Waals surface area contributed by atoms with Gasteiger partial charge in [-0.3, -0.25) is 9.59 Å². The van der Waals surface area contributed by atoms with Crippen molar-refractivity contribution < 1.29 is 14.3 Å². The van der Waals surface area contributed by atoms with Gasteiger partial charge in [-0.2, -0.15) is 0 Å². The molecule has 24 heavy (non-hydrogen) atoms. The molecule has 0 aliphatic heterocycles. The van der Waals surface area contributed by atoms with Crippen LogP contribution in [-0.4, -0.2) is 17.9 Å². The predicted molar refractivity (Wildman–Crippen MR) is 92.2 cm³/mol. The van der Waals surface area contributed by atoms with Gasteiger partial charge in [-0.1, -0.05) is 19.4 Å². The van der Waals surface area contributed by atoms with Gasteiger partial charge in [0.05, 0.1) is 0 Å². The van der Waals surface area contributed by atoms with Crippen LogP contribution in [0.4, 0.5) is 0 Å². The average molecular weight is 330 g/mol. The predicted octanol–water partition coefficient (Wildman–Crippen LogP) is 4.31. The van der Waals surface area contributed by atoms with Crippen LogP contribution in [0.15, 0.2) is 11.6 Å². The van der Waals surface area contributed by atoms with Gasteiger partial charge in [-0.25, -0.2) is 0 Å². The van der Waals surface area contributed by atoms with Crippen molar-refractivity contribution >= 4 is 11.8 Å². The average Bonchev–Trinajstić information content (AvgIpc) is 2.85. The highest BCUT2D eigenvalue weighted by atomic mass is 16.5. The van der Waals surface area contributed by atoms with E-state index in [2.05, 4.69) is 13.8 Å². The molecule has 4 aliphatic rings. The molecule has 3 nitrogen and oxygen atoms in total. The molecule has 132 valence electrons. The van der Waals surface area contributed by atoms with E-state index in [1.165, 1.54) is 31.3 Å². The number of ether oxygens (including phenoxy) is 1. The van der Waals surface area contributed by atoms with Crippen LogP contribution in [0.3, 0.4) is 0 Å². The summed E-state index contributed by atoms with van der Waals surface area (Å²) in [6.45, 7) is 6.01. The lowest BCUT2D eigenvalue weighted by Crippen LogP contribution is -2.48. The summed E-state index contributed by atoms with van der Waals surface area (Å²) in [5.74, 6) is 3.24. The van der Waals surface area contributed by atoms with Gasteiger partial charge < -0.3 is 4.74 Å². The zero-order valence-corrected chi connectivity index (χ0v) is 15.2. The summed E-state index contributed by atoms with van der Waals surface area (Å²) >= 11 is 0. The van der Waals surface area contributed by atoms with E-state index < -0.39 is 0 Å². The first-order valence-corrected chi connectivity index (χ1v) is 9.81. The number of carbonyl (C=O) groups excluding carboxylic acids is 2. The fraction of sp³-hybridized carbons (Fsp3) is 0.810. The second kappa shape index (κ2) is 5.71. The van der Waals surface area contributed by atoms with Gasteiger partial charge in [-0.05, 0) is 74.7 Å². The van der Waals surface area contributed by atoms with Gasteiger partial charge in [0.1, 0.15) is 6.10 Å². The summed E-state index contributed by atoms with van der Waals surface area (Å²) < 4.78 is 5.71. The van der Waals surface area contributed by atoms with E-state index in [0.29, 0.717) is 17.6 Å². The standard InChI is InChI=1S/C21H30O3/c1-12-10-17-14(11-19(12)23)4-5-16-15(17)8-9-21(3)18(16)6-7-20(21)24-13(2)22/h11-12,15-18,20H,4-10H2,1-3H3/t12?,15-,16+,17-,18-,20-,21-/m0/s1. The first-order chi connectivity index (χ1) is 11.4. The van der Waals surface area contributed by atoms with Gasteiger partial charge in [0.25, 0.3) is 0 Å². The Hall–Kier alpha value is -1.12. The summed E-state index contributed by atoms with van der Waals surface area (Å²) in [4.78, 5) is 23.6. The van der Waals surface area contributed by atoms with Gasteiger partial charge in [0.2, 0.25) is 0 Å². The molecule has 4 rings (SSSR count). The smallest absolute Gasteiger partial charge is 0.302 e. The van der Waals surface area contributed by atoms with Crippen LogP contribution in [-0.2, 0) is 14.3 Å². The Kier molecular flexibility index (Phi) is 3.89. The highest BCUT2D eigenvalue weighted by Crippen LogP contribution is 2.62. The summed E-state index contributed by atoms with van der Waals surface area (Å²) in [5, 5.41) is 0. The minimum atomic E-state index is -0.127. The van der Waals surface area contributed by atoms with E-state index in [1.807, 2.05) is 6.08 Å². The number of esters is 1. The SMILES string of the molecule is CC(=O)O[C@H]1CC[C@H]2[C@@H]3CCC4=CC(=O)C(C)C[C@@H]4[C@H]3CC[C@]12C. The van der Waals surface area contributed by atoms with Crippen molar-refractivity contribution in [2.45, 2.75) is 71.8 Å². The number of hydrogen-bond acceptors (Lipinski definition) is 3. The van der Waals surface area contributed by atoms with E-state index in [4.69, 9.17) is 4.74 Å². The Morgan fingerprint density at radius 3 is 2.75 bits per heavy atom. The lowest BCUT2D eigenvalue weighted by Gasteiger charge is -2.53. The maximum absolute atomic E-state index is 12.1. The molecule has 0 saturated heterocycles. The van der Waals surface area contributed by atoms with E-state index in [1.54, 1.807) is 6.92 Å². The van der Waals surface area contributed by atoms with Crippen molar-refractivity contribution in [3.63, 3.8) is 0 Å². The molecule has 7 atom stereocenters. The Morgan fingerprint density at radius 1 is 1.21 bits per heavy atom. The maximum atomic E-state index is 12.1. The number of carbonyl (C=O) groups is 2. The lowest BCUT2D eigenvalue weighted by molar-refractivity contribution is -0.156. The molecule has 1 unspecified atom stereocenters. The van der Waals surface area contributed by atoms with Gasteiger partial charge in [0, 0.05) is 18.3 Å². The summed E-state index contributed by atoms with van der Waals surface area (Å²) in [7, 11) is 0. The van der Waals surface area contributed by atoms with Crippen molar-refractivity contribution in [2.75, 3.05) is 0 Å². The van der Waals surface area contributed by atoms with Gasteiger partial charge in [0.15, 0.2) is 5.78 Å². The number of fused-ring (bicyclic) bond motifs is 5. The zero-order chi connectivity index (χ0) is 17.1. The molecule has 3 saturated carbocycles. The third-order valence-corrected chi connectivity index (χ3v) is 7.89. The molecule has 0 aromatic rings. The first kappa shape index (κ1) is 16.4. The van der Waals surface area contributed by atoms with Crippen LogP contribution >= 0.6 is 0 Å². The van der Waals surface area contributed by atoms with E-state index in [9.17, 15) is 9.59 Å². The van der Waals surface area contributed by atoms with Crippen LogP contribution in [0.2, 0.25) is 0 Å². The summed E-state index contributed by atoms with van der Waals surface area (Å²) in [6, 6.07) is 0. The second-order valence-electron chi connectivity index (χ2n) is 9.06. The molecule has 0 bridgehead atoms. The van der Waals surface area contributed by atoms with Crippen LogP contribution in [0.5, 0.6) is 0 Å². The molecule has 4 aliphatic carbocycles. The number of rotatable bonds is 1. The van der Waals surface area contributed by atoms with E-state index in [0.717, 1.165) is 31.1 Å². The second-order valence-corrected chi connectivity index (χ2v) is 9.06. The largest absolute Gasteiger partial charge is 0.462 e. The van der Waals surface area contributed by atoms with Crippen molar-refractivity contribution in [1.82, 2.24) is 0 Å². The molecule has 0 spiro atoms. The molecule has 3 heteroatoms. The highest BCUT2D eigenvalue weighted by Gasteiger charge is 2.57. The molecule has 3 fully saturated rings. The quantitative estimate of drug-likeness (QED) is 0.673. The minimum absolute atomic E-state index is 0.116. The van der Waals surface area contributed by atoms with Crippen LogP contribution in [0, 0.1) is 35.0 Å². The molecular formula is C21H30O3. The van der Waals surface area contributed by atoms with Crippen molar-refractivity contribution in [2.24, 2.45) is 35.0 Å². The molecular weight excluding hydrogens is 300 g/mol. The van der Waals surface area contributed by atoms with Crippen LogP contribution < -0.4 is 0 Å². The molecule has 0 aromatic heterocycles. The van der Waals surface area contributed by atoms with Gasteiger partial charge >= 0.3 is 5.97 Å². The third kappa shape index (κ3) is 2.38. The van der Waals surface area contributed by atoms with Crippen LogP contribution in [0.1, 0.15) is 65.7 Å².